The number of hydrogen-bond acceptors (Lipinski definition) is 3. The molecule has 0 atom stereocenters. The molecule has 2 amide bonds. The second-order valence-electron chi connectivity index (χ2n) is 4.93. The van der Waals surface area contributed by atoms with Crippen LogP contribution in [0.3, 0.4) is 0 Å². The highest BCUT2D eigenvalue weighted by Crippen LogP contribution is 2.08. The standard InChI is InChI=1S/C17H17N3O2/c1-12-3-7-14(8-4-12)11-18-20-17(22)16(21)19-15-9-5-13(2)6-10-15/h3-11H,1-2H3,(H,19,21)(H,20,22)/b18-11-. The molecule has 0 heterocycles. The van der Waals surface area contributed by atoms with E-state index in [-0.39, 0.29) is 0 Å². The highest BCUT2D eigenvalue weighted by Gasteiger charge is 2.12. The number of rotatable bonds is 3. The molecule has 0 fully saturated rings. The lowest BCUT2D eigenvalue weighted by atomic mass is 10.2. The van der Waals surface area contributed by atoms with E-state index in [2.05, 4.69) is 15.8 Å². The van der Waals surface area contributed by atoms with Gasteiger partial charge in [-0.3, -0.25) is 9.59 Å². The minimum Gasteiger partial charge on any atom is -0.318 e. The van der Waals surface area contributed by atoms with E-state index >= 15 is 0 Å². The summed E-state index contributed by atoms with van der Waals surface area (Å²) in [4.78, 5) is 23.3. The number of hydrogen-bond donors (Lipinski definition) is 2. The molecule has 0 spiro atoms. The van der Waals surface area contributed by atoms with Gasteiger partial charge in [-0.15, -0.1) is 0 Å². The van der Waals surface area contributed by atoms with Crippen LogP contribution >= 0.6 is 0 Å². The molecule has 2 rings (SSSR count). The topological polar surface area (TPSA) is 70.6 Å². The third-order valence-electron chi connectivity index (χ3n) is 2.97. The van der Waals surface area contributed by atoms with Crippen LogP contribution in [-0.2, 0) is 9.59 Å². The van der Waals surface area contributed by atoms with Gasteiger partial charge in [-0.2, -0.15) is 5.10 Å². The van der Waals surface area contributed by atoms with E-state index in [0.717, 1.165) is 16.7 Å². The van der Waals surface area contributed by atoms with Crippen LogP contribution in [-0.4, -0.2) is 18.0 Å². The number of benzene rings is 2. The lowest BCUT2D eigenvalue weighted by molar-refractivity contribution is -0.136. The van der Waals surface area contributed by atoms with Crippen molar-refractivity contribution in [2.24, 2.45) is 5.10 Å². The summed E-state index contributed by atoms with van der Waals surface area (Å²) in [5.74, 6) is -1.58. The number of carbonyl (C=O) groups is 2. The van der Waals surface area contributed by atoms with Crippen molar-refractivity contribution in [2.75, 3.05) is 5.32 Å². The predicted octanol–water partition coefficient (Wildman–Crippen LogP) is 2.39. The Kier molecular flexibility index (Phi) is 5.03. The first-order valence-electron chi connectivity index (χ1n) is 6.82. The zero-order valence-electron chi connectivity index (χ0n) is 12.5. The second kappa shape index (κ2) is 7.17. The summed E-state index contributed by atoms with van der Waals surface area (Å²) < 4.78 is 0. The lowest BCUT2D eigenvalue weighted by Gasteiger charge is -2.04. The van der Waals surface area contributed by atoms with Crippen LogP contribution in [0.25, 0.3) is 0 Å². The maximum absolute atomic E-state index is 11.7. The fourth-order valence-corrected chi connectivity index (χ4v) is 1.69. The van der Waals surface area contributed by atoms with E-state index in [4.69, 9.17) is 0 Å². The number of amides is 2. The molecular weight excluding hydrogens is 278 g/mol. The number of hydrazone groups is 1. The quantitative estimate of drug-likeness (QED) is 0.518. The summed E-state index contributed by atoms with van der Waals surface area (Å²) in [6.07, 6.45) is 1.48. The highest BCUT2D eigenvalue weighted by molar-refractivity contribution is 6.39. The van der Waals surface area contributed by atoms with Crippen molar-refractivity contribution in [3.8, 4) is 0 Å². The zero-order chi connectivity index (χ0) is 15.9. The molecule has 2 N–H and O–H groups in total. The molecule has 5 nitrogen and oxygen atoms in total. The van der Waals surface area contributed by atoms with Crippen LogP contribution in [0.5, 0.6) is 0 Å². The Morgan fingerprint density at radius 3 is 2.00 bits per heavy atom. The van der Waals surface area contributed by atoms with Crippen LogP contribution in [0.15, 0.2) is 53.6 Å². The molecule has 0 aliphatic carbocycles. The van der Waals surface area contributed by atoms with Crippen molar-refractivity contribution in [1.82, 2.24) is 5.43 Å². The minimum absolute atomic E-state index is 0.563. The van der Waals surface area contributed by atoms with Crippen molar-refractivity contribution >= 4 is 23.7 Å². The number of nitrogens with zero attached hydrogens (tertiary/aromatic N) is 1. The first-order chi connectivity index (χ1) is 10.5. The van der Waals surface area contributed by atoms with E-state index < -0.39 is 11.8 Å². The second-order valence-corrected chi connectivity index (χ2v) is 4.93. The van der Waals surface area contributed by atoms with Crippen LogP contribution in [0.2, 0.25) is 0 Å². The number of nitrogens with one attached hydrogen (secondary N) is 2. The van der Waals surface area contributed by atoms with Gasteiger partial charge in [0.25, 0.3) is 0 Å². The number of anilines is 1. The molecule has 112 valence electrons. The van der Waals surface area contributed by atoms with Gasteiger partial charge in [0, 0.05) is 5.69 Å². The highest BCUT2D eigenvalue weighted by atomic mass is 16.2. The maximum Gasteiger partial charge on any atom is 0.329 e. The van der Waals surface area contributed by atoms with Gasteiger partial charge >= 0.3 is 11.8 Å². The van der Waals surface area contributed by atoms with Gasteiger partial charge in [0.15, 0.2) is 0 Å². The van der Waals surface area contributed by atoms with E-state index in [9.17, 15) is 9.59 Å². The van der Waals surface area contributed by atoms with E-state index in [1.54, 1.807) is 12.1 Å². The minimum atomic E-state index is -0.816. The van der Waals surface area contributed by atoms with Crippen molar-refractivity contribution in [3.63, 3.8) is 0 Å². The Balaban J connectivity index is 1.87. The van der Waals surface area contributed by atoms with Crippen LogP contribution in [0, 0.1) is 13.8 Å². The summed E-state index contributed by atoms with van der Waals surface area (Å²) in [6, 6.07) is 14.8. The van der Waals surface area contributed by atoms with Crippen molar-refractivity contribution in [3.05, 3.63) is 65.2 Å². The van der Waals surface area contributed by atoms with Gasteiger partial charge in [-0.05, 0) is 31.5 Å². The average molecular weight is 295 g/mol. The maximum atomic E-state index is 11.7. The molecule has 0 aromatic heterocycles. The molecule has 0 radical (unpaired) electrons. The molecule has 0 bridgehead atoms. The molecule has 0 saturated carbocycles. The molecular formula is C17H17N3O2. The third-order valence-corrected chi connectivity index (χ3v) is 2.97. The van der Waals surface area contributed by atoms with Crippen molar-refractivity contribution in [1.29, 1.82) is 0 Å². The Labute approximate surface area is 129 Å². The fourth-order valence-electron chi connectivity index (χ4n) is 1.69. The summed E-state index contributed by atoms with van der Waals surface area (Å²) >= 11 is 0. The van der Waals surface area contributed by atoms with Gasteiger partial charge < -0.3 is 5.32 Å². The summed E-state index contributed by atoms with van der Waals surface area (Å²) in [7, 11) is 0. The normalized spacial score (nSPS) is 10.5. The smallest absolute Gasteiger partial charge is 0.318 e. The van der Waals surface area contributed by atoms with Crippen molar-refractivity contribution in [2.45, 2.75) is 13.8 Å². The molecule has 22 heavy (non-hydrogen) atoms. The average Bonchev–Trinajstić information content (AvgIpc) is 2.51. The molecule has 2 aromatic rings. The Morgan fingerprint density at radius 2 is 1.41 bits per heavy atom. The largest absolute Gasteiger partial charge is 0.329 e. The molecule has 0 unspecified atom stereocenters. The summed E-state index contributed by atoms with van der Waals surface area (Å²) in [5, 5.41) is 6.26. The Hall–Kier alpha value is -2.95. The fraction of sp³-hybridized carbons (Fsp3) is 0.118. The number of carbonyl (C=O) groups excluding carboxylic acids is 2. The van der Waals surface area contributed by atoms with E-state index in [0.29, 0.717) is 5.69 Å². The lowest BCUT2D eigenvalue weighted by Crippen LogP contribution is -2.32. The van der Waals surface area contributed by atoms with Gasteiger partial charge in [-0.1, -0.05) is 47.5 Å². The van der Waals surface area contributed by atoms with Crippen LogP contribution < -0.4 is 10.7 Å². The molecule has 5 heteroatoms. The monoisotopic (exact) mass is 295 g/mol. The van der Waals surface area contributed by atoms with Gasteiger partial charge in [0.2, 0.25) is 0 Å². The molecule has 0 saturated heterocycles. The SMILES string of the molecule is Cc1ccc(/C=N\NC(=O)C(=O)Nc2ccc(C)cc2)cc1. The van der Waals surface area contributed by atoms with Crippen LogP contribution in [0.4, 0.5) is 5.69 Å². The molecule has 0 aliphatic rings. The third kappa shape index (κ3) is 4.56. The Bertz CT molecular complexity index is 689. The van der Waals surface area contributed by atoms with Gasteiger partial charge in [-0.25, -0.2) is 5.43 Å². The van der Waals surface area contributed by atoms with Crippen LogP contribution in [0.1, 0.15) is 16.7 Å². The number of aryl methyl sites for hydroxylation is 2. The summed E-state index contributed by atoms with van der Waals surface area (Å²) in [5.41, 5.74) is 5.81. The zero-order valence-corrected chi connectivity index (χ0v) is 12.5. The van der Waals surface area contributed by atoms with E-state index in [1.807, 2.05) is 50.2 Å². The van der Waals surface area contributed by atoms with Gasteiger partial charge in [0.1, 0.15) is 0 Å². The first-order valence-corrected chi connectivity index (χ1v) is 6.82. The predicted molar refractivity (Wildman–Crippen MR) is 86.7 cm³/mol. The molecule has 0 aliphatic heterocycles. The first kappa shape index (κ1) is 15.4. The molecule has 2 aromatic carbocycles. The Morgan fingerprint density at radius 1 is 0.864 bits per heavy atom. The summed E-state index contributed by atoms with van der Waals surface area (Å²) in [6.45, 7) is 3.93. The van der Waals surface area contributed by atoms with Gasteiger partial charge in [0.05, 0.1) is 6.21 Å². The van der Waals surface area contributed by atoms with E-state index in [1.165, 1.54) is 6.21 Å². The van der Waals surface area contributed by atoms with Crippen molar-refractivity contribution < 1.29 is 9.59 Å².